The molecular weight excluding hydrogens is 410 g/mol. The molecule has 1 fully saturated rings. The van der Waals surface area contributed by atoms with Gasteiger partial charge in [0.1, 0.15) is 0 Å². The Kier molecular flexibility index (Phi) is 5.91. The highest BCUT2D eigenvalue weighted by Gasteiger charge is 2.43. The molecule has 2 unspecified atom stereocenters. The lowest BCUT2D eigenvalue weighted by molar-refractivity contribution is -0.177. The van der Waals surface area contributed by atoms with Crippen LogP contribution in [-0.4, -0.2) is 62.7 Å². The van der Waals surface area contributed by atoms with Crippen LogP contribution in [0.25, 0.3) is 5.69 Å². The first kappa shape index (κ1) is 21.1. The van der Waals surface area contributed by atoms with Crippen LogP contribution in [0.1, 0.15) is 13.5 Å². The molecule has 2 aromatic rings. The van der Waals surface area contributed by atoms with Crippen molar-refractivity contribution in [3.63, 3.8) is 0 Å². The topological polar surface area (TPSA) is 133 Å². The summed E-state index contributed by atoms with van der Waals surface area (Å²) in [6, 6.07) is 3.64. The smallest absolute Gasteiger partial charge is 0.348 e. The number of aliphatic carboxylic acids is 1. The lowest BCUT2D eigenvalue weighted by Crippen LogP contribution is -2.55. The molecule has 0 spiro atoms. The van der Waals surface area contributed by atoms with E-state index in [-0.39, 0.29) is 29.2 Å². The van der Waals surface area contributed by atoms with Crippen LogP contribution in [0.5, 0.6) is 0 Å². The standard InChI is InChI=1S/C17H16F2N4O7/c1-9(24)30-14(16(27)28)13-15(26)21(6-7-29-13)11-4-5-23(20-11)10-2-3-12(25)22(8-10)17(18)19/h2-5,8,13-14,17H,6-7H2,1H3,(H,27,28). The third kappa shape index (κ3) is 4.20. The van der Waals surface area contributed by atoms with Crippen molar-refractivity contribution in [2.75, 3.05) is 18.1 Å². The van der Waals surface area contributed by atoms with Crippen LogP contribution in [0.4, 0.5) is 14.6 Å². The maximum atomic E-state index is 12.9. The first-order chi connectivity index (χ1) is 14.2. The molecule has 2 atom stereocenters. The Morgan fingerprint density at radius 3 is 2.67 bits per heavy atom. The Morgan fingerprint density at radius 2 is 2.03 bits per heavy atom. The number of hydrogen-bond acceptors (Lipinski definition) is 7. The highest BCUT2D eigenvalue weighted by molar-refractivity contribution is 5.99. The monoisotopic (exact) mass is 426 g/mol. The Balaban J connectivity index is 1.87. The number of carboxylic acids is 1. The summed E-state index contributed by atoms with van der Waals surface area (Å²) in [7, 11) is 0. The van der Waals surface area contributed by atoms with Gasteiger partial charge in [0.25, 0.3) is 11.5 Å². The molecule has 0 radical (unpaired) electrons. The number of amides is 1. The third-order valence-electron chi connectivity index (χ3n) is 4.18. The zero-order valence-corrected chi connectivity index (χ0v) is 15.5. The van der Waals surface area contributed by atoms with Gasteiger partial charge in [0, 0.05) is 31.5 Å². The molecule has 3 rings (SSSR count). The molecule has 2 aromatic heterocycles. The second-order valence-corrected chi connectivity index (χ2v) is 6.18. The van der Waals surface area contributed by atoms with E-state index in [0.29, 0.717) is 0 Å². The summed E-state index contributed by atoms with van der Waals surface area (Å²) in [5, 5.41) is 13.4. The molecule has 1 amide bonds. The van der Waals surface area contributed by atoms with Gasteiger partial charge in [0.2, 0.25) is 6.10 Å². The van der Waals surface area contributed by atoms with E-state index >= 15 is 0 Å². The Bertz CT molecular complexity index is 1040. The van der Waals surface area contributed by atoms with Crippen molar-refractivity contribution in [1.29, 1.82) is 0 Å². The minimum atomic E-state index is -3.04. The van der Waals surface area contributed by atoms with E-state index in [2.05, 4.69) is 9.84 Å². The molecule has 0 aromatic carbocycles. The number of esters is 1. The van der Waals surface area contributed by atoms with Crippen LogP contribution >= 0.6 is 0 Å². The lowest BCUT2D eigenvalue weighted by atomic mass is 10.1. The summed E-state index contributed by atoms with van der Waals surface area (Å²) in [6.45, 7) is -2.05. The molecule has 1 saturated heterocycles. The van der Waals surface area contributed by atoms with Crippen molar-refractivity contribution in [2.24, 2.45) is 0 Å². The van der Waals surface area contributed by atoms with E-state index in [1.165, 1.54) is 23.0 Å². The van der Waals surface area contributed by atoms with Crippen molar-refractivity contribution in [2.45, 2.75) is 25.7 Å². The summed E-state index contributed by atoms with van der Waals surface area (Å²) >= 11 is 0. The number of carboxylic acid groups (broad SMARTS) is 1. The van der Waals surface area contributed by atoms with E-state index in [1.54, 1.807) is 0 Å². The number of rotatable bonds is 6. The number of ether oxygens (including phenoxy) is 2. The molecule has 160 valence electrons. The van der Waals surface area contributed by atoms with Crippen molar-refractivity contribution in [3.8, 4) is 5.69 Å². The Labute approximate surface area is 167 Å². The number of hydrogen-bond donors (Lipinski definition) is 1. The number of carbonyl (C=O) groups is 3. The molecule has 0 aliphatic carbocycles. The number of morpholine rings is 1. The molecule has 0 bridgehead atoms. The van der Waals surface area contributed by atoms with E-state index < -0.39 is 42.2 Å². The van der Waals surface area contributed by atoms with Crippen molar-refractivity contribution < 1.29 is 37.7 Å². The maximum absolute atomic E-state index is 12.9. The van der Waals surface area contributed by atoms with Gasteiger partial charge >= 0.3 is 18.5 Å². The van der Waals surface area contributed by atoms with E-state index in [0.717, 1.165) is 24.1 Å². The van der Waals surface area contributed by atoms with Gasteiger partial charge in [-0.3, -0.25) is 23.9 Å². The maximum Gasteiger partial charge on any atom is 0.348 e. The molecule has 0 saturated carbocycles. The van der Waals surface area contributed by atoms with Gasteiger partial charge in [-0.2, -0.15) is 8.78 Å². The highest BCUT2D eigenvalue weighted by atomic mass is 19.3. The fourth-order valence-corrected chi connectivity index (χ4v) is 2.85. The largest absolute Gasteiger partial charge is 0.478 e. The fourth-order valence-electron chi connectivity index (χ4n) is 2.85. The average Bonchev–Trinajstić information content (AvgIpc) is 3.16. The minimum Gasteiger partial charge on any atom is -0.478 e. The van der Waals surface area contributed by atoms with Crippen LogP contribution in [0.15, 0.2) is 35.4 Å². The minimum absolute atomic E-state index is 0.0370. The number of anilines is 1. The van der Waals surface area contributed by atoms with Crippen molar-refractivity contribution in [3.05, 3.63) is 40.9 Å². The predicted octanol–water partition coefficient (Wildman–Crippen LogP) is 0.177. The quantitative estimate of drug-likeness (QED) is 0.647. The first-order valence-corrected chi connectivity index (χ1v) is 8.58. The van der Waals surface area contributed by atoms with Crippen LogP contribution in [-0.2, 0) is 23.9 Å². The Hall–Kier alpha value is -3.61. The summed E-state index contributed by atoms with van der Waals surface area (Å²) in [4.78, 5) is 47.9. The van der Waals surface area contributed by atoms with Gasteiger partial charge in [-0.1, -0.05) is 0 Å². The predicted molar refractivity (Wildman–Crippen MR) is 94.4 cm³/mol. The summed E-state index contributed by atoms with van der Waals surface area (Å²) in [6.07, 6.45) is -1.13. The molecule has 3 heterocycles. The Morgan fingerprint density at radius 1 is 1.30 bits per heavy atom. The SMILES string of the molecule is CC(=O)OC(C(=O)O)C1OCCN(c2ccn(-c3ccc(=O)n(C(F)F)c3)n2)C1=O. The van der Waals surface area contributed by atoms with Crippen LogP contribution < -0.4 is 10.5 Å². The lowest BCUT2D eigenvalue weighted by Gasteiger charge is -2.33. The zero-order chi connectivity index (χ0) is 22.0. The number of alkyl halides is 2. The molecule has 11 nitrogen and oxygen atoms in total. The first-order valence-electron chi connectivity index (χ1n) is 8.58. The number of pyridine rings is 1. The van der Waals surface area contributed by atoms with Gasteiger partial charge in [-0.15, -0.1) is 5.10 Å². The molecule has 1 N–H and O–H groups in total. The van der Waals surface area contributed by atoms with Crippen LogP contribution in [0, 0.1) is 0 Å². The van der Waals surface area contributed by atoms with Crippen molar-refractivity contribution in [1.82, 2.24) is 14.3 Å². The van der Waals surface area contributed by atoms with Gasteiger partial charge in [0.15, 0.2) is 11.9 Å². The number of aromatic nitrogens is 3. The van der Waals surface area contributed by atoms with E-state index in [9.17, 15) is 33.1 Å². The van der Waals surface area contributed by atoms with Gasteiger partial charge in [-0.05, 0) is 6.07 Å². The molecule has 1 aliphatic rings. The molecule has 30 heavy (non-hydrogen) atoms. The molecular formula is C17H16F2N4O7. The second-order valence-electron chi connectivity index (χ2n) is 6.18. The average molecular weight is 426 g/mol. The van der Waals surface area contributed by atoms with Crippen LogP contribution in [0.3, 0.4) is 0 Å². The molecule has 1 aliphatic heterocycles. The number of nitrogens with zero attached hydrogens (tertiary/aromatic N) is 4. The molecule has 13 heteroatoms. The van der Waals surface area contributed by atoms with Gasteiger partial charge in [-0.25, -0.2) is 9.48 Å². The highest BCUT2D eigenvalue weighted by Crippen LogP contribution is 2.21. The number of carbonyl (C=O) groups excluding carboxylic acids is 2. The zero-order valence-electron chi connectivity index (χ0n) is 15.5. The summed E-state index contributed by atoms with van der Waals surface area (Å²) in [5.41, 5.74) is -0.751. The van der Waals surface area contributed by atoms with Gasteiger partial charge < -0.3 is 14.6 Å². The van der Waals surface area contributed by atoms with Crippen LogP contribution in [0.2, 0.25) is 0 Å². The fraction of sp³-hybridized carbons (Fsp3) is 0.353. The summed E-state index contributed by atoms with van der Waals surface area (Å²) < 4.78 is 37.1. The van der Waals surface area contributed by atoms with E-state index in [1.807, 2.05) is 0 Å². The normalized spacial score (nSPS) is 17.8. The van der Waals surface area contributed by atoms with Gasteiger partial charge in [0.05, 0.1) is 18.8 Å². The van der Waals surface area contributed by atoms with Crippen molar-refractivity contribution >= 4 is 23.7 Å². The third-order valence-corrected chi connectivity index (χ3v) is 4.18. The van der Waals surface area contributed by atoms with E-state index in [4.69, 9.17) is 4.74 Å². The second kappa shape index (κ2) is 8.41. The summed E-state index contributed by atoms with van der Waals surface area (Å²) in [5.74, 6) is -3.15. The number of halogens is 2.